The van der Waals surface area contributed by atoms with Crippen molar-refractivity contribution in [3.05, 3.63) is 58.1 Å². The third-order valence-electron chi connectivity index (χ3n) is 4.90. The summed E-state index contributed by atoms with van der Waals surface area (Å²) in [6.45, 7) is 1.03. The number of benzene rings is 2. The van der Waals surface area contributed by atoms with Crippen molar-refractivity contribution in [2.45, 2.75) is 25.3 Å². The van der Waals surface area contributed by atoms with Gasteiger partial charge in [-0.15, -0.1) is 0 Å². The number of nitrogens with zero attached hydrogens (tertiary/aromatic N) is 1. The van der Waals surface area contributed by atoms with E-state index in [0.717, 1.165) is 29.5 Å². The van der Waals surface area contributed by atoms with E-state index in [1.807, 2.05) is 29.2 Å². The largest absolute Gasteiger partial charge is 0.490 e. The number of hydrogen-bond donors (Lipinski definition) is 0. The number of carbonyl (C=O) groups is 2. The normalized spacial score (nSPS) is 16.3. The Bertz CT molecular complexity index is 857. The molecule has 0 saturated carbocycles. The average Bonchev–Trinajstić information content (AvgIpc) is 2.76. The molecule has 0 spiro atoms. The van der Waals surface area contributed by atoms with Crippen molar-refractivity contribution in [2.75, 3.05) is 27.1 Å². The predicted octanol–water partition coefficient (Wildman–Crippen LogP) is 4.32. The first-order valence-electron chi connectivity index (χ1n) is 9.54. The minimum absolute atomic E-state index is 0.00458. The van der Waals surface area contributed by atoms with Gasteiger partial charge in [0.25, 0.3) is 5.91 Å². The molecular weight excluding hydrogens is 438 g/mol. The van der Waals surface area contributed by atoms with Gasteiger partial charge in [-0.25, -0.2) is 0 Å². The van der Waals surface area contributed by atoms with Crippen LogP contribution in [0.25, 0.3) is 0 Å². The second-order valence-electron chi connectivity index (χ2n) is 6.78. The van der Waals surface area contributed by atoms with Crippen molar-refractivity contribution in [1.29, 1.82) is 0 Å². The number of ether oxygens (including phenoxy) is 3. The van der Waals surface area contributed by atoms with E-state index in [-0.39, 0.29) is 24.3 Å². The van der Waals surface area contributed by atoms with Gasteiger partial charge in [0, 0.05) is 13.7 Å². The van der Waals surface area contributed by atoms with E-state index in [9.17, 15) is 9.59 Å². The summed E-state index contributed by atoms with van der Waals surface area (Å²) in [4.78, 5) is 26.8. The third kappa shape index (κ3) is 5.16. The van der Waals surface area contributed by atoms with Crippen LogP contribution >= 0.6 is 15.9 Å². The van der Waals surface area contributed by atoms with Crippen LogP contribution in [-0.2, 0) is 4.74 Å². The van der Waals surface area contributed by atoms with Crippen molar-refractivity contribution < 1.29 is 23.8 Å². The number of halogens is 1. The van der Waals surface area contributed by atoms with Crippen LogP contribution < -0.4 is 9.47 Å². The fraction of sp³-hybridized carbons (Fsp3) is 0.364. The molecule has 7 heteroatoms. The van der Waals surface area contributed by atoms with Gasteiger partial charge in [0.2, 0.25) is 0 Å². The van der Waals surface area contributed by atoms with Gasteiger partial charge in [-0.1, -0.05) is 18.2 Å². The fourth-order valence-electron chi connectivity index (χ4n) is 3.44. The highest BCUT2D eigenvalue weighted by molar-refractivity contribution is 9.10. The smallest absolute Gasteiger partial charge is 0.255 e. The van der Waals surface area contributed by atoms with E-state index in [4.69, 9.17) is 14.2 Å². The topological polar surface area (TPSA) is 65.1 Å². The van der Waals surface area contributed by atoms with Crippen molar-refractivity contribution in [3.8, 4) is 11.5 Å². The molecule has 2 aromatic carbocycles. The second kappa shape index (κ2) is 10.4. The van der Waals surface area contributed by atoms with Gasteiger partial charge in [-0.05, 0) is 59.5 Å². The SMILES string of the molecule is COCOc1cccc(C(=O)N2CCCC[C@H]2COc2ccccc2Br)c1C=O. The Morgan fingerprint density at radius 2 is 1.93 bits per heavy atom. The zero-order valence-electron chi connectivity index (χ0n) is 16.3. The molecule has 1 amide bonds. The van der Waals surface area contributed by atoms with Gasteiger partial charge in [0.15, 0.2) is 13.1 Å². The molecule has 2 aromatic rings. The lowest BCUT2D eigenvalue weighted by atomic mass is 9.99. The summed E-state index contributed by atoms with van der Waals surface area (Å²) in [6.07, 6.45) is 3.47. The van der Waals surface area contributed by atoms with Crippen molar-refractivity contribution >= 4 is 28.1 Å². The molecule has 0 bridgehead atoms. The Morgan fingerprint density at radius 1 is 1.14 bits per heavy atom. The van der Waals surface area contributed by atoms with E-state index in [1.54, 1.807) is 18.2 Å². The van der Waals surface area contributed by atoms with Crippen LogP contribution in [0.1, 0.15) is 40.0 Å². The van der Waals surface area contributed by atoms with Gasteiger partial charge in [0.1, 0.15) is 18.1 Å². The maximum Gasteiger partial charge on any atom is 0.255 e. The Kier molecular flexibility index (Phi) is 7.66. The number of piperidine rings is 1. The molecule has 1 saturated heterocycles. The summed E-state index contributed by atoms with van der Waals surface area (Å²) >= 11 is 3.48. The summed E-state index contributed by atoms with van der Waals surface area (Å²) in [5.74, 6) is 0.898. The zero-order chi connectivity index (χ0) is 20.6. The van der Waals surface area contributed by atoms with Gasteiger partial charge in [0.05, 0.1) is 21.6 Å². The lowest BCUT2D eigenvalue weighted by Gasteiger charge is -2.36. The molecule has 1 aliphatic heterocycles. The molecule has 1 atom stereocenters. The molecule has 0 aliphatic carbocycles. The zero-order valence-corrected chi connectivity index (χ0v) is 17.9. The molecule has 3 rings (SSSR count). The second-order valence-corrected chi connectivity index (χ2v) is 7.63. The summed E-state index contributed by atoms with van der Waals surface area (Å²) in [6, 6.07) is 12.6. The summed E-state index contributed by atoms with van der Waals surface area (Å²) in [7, 11) is 1.50. The Morgan fingerprint density at radius 3 is 2.69 bits per heavy atom. The lowest BCUT2D eigenvalue weighted by molar-refractivity contribution is 0.0486. The molecule has 1 heterocycles. The molecule has 6 nitrogen and oxygen atoms in total. The predicted molar refractivity (Wildman–Crippen MR) is 113 cm³/mol. The fourth-order valence-corrected chi connectivity index (χ4v) is 3.84. The number of rotatable bonds is 8. The minimum atomic E-state index is -0.185. The van der Waals surface area contributed by atoms with E-state index >= 15 is 0 Å². The van der Waals surface area contributed by atoms with E-state index in [0.29, 0.717) is 30.8 Å². The van der Waals surface area contributed by atoms with E-state index in [1.165, 1.54) is 7.11 Å². The van der Waals surface area contributed by atoms with Crippen LogP contribution in [0.3, 0.4) is 0 Å². The van der Waals surface area contributed by atoms with Gasteiger partial charge < -0.3 is 19.1 Å². The van der Waals surface area contributed by atoms with Gasteiger partial charge in [-0.3, -0.25) is 9.59 Å². The maximum atomic E-state index is 13.3. The number of likely N-dealkylation sites (tertiary alicyclic amines) is 1. The molecular formula is C22H24BrNO5. The molecule has 0 aromatic heterocycles. The third-order valence-corrected chi connectivity index (χ3v) is 5.56. The first kappa shape index (κ1) is 21.3. The molecule has 1 aliphatic rings. The highest BCUT2D eigenvalue weighted by Gasteiger charge is 2.30. The highest BCUT2D eigenvalue weighted by atomic mass is 79.9. The number of carbonyl (C=O) groups excluding carboxylic acids is 2. The molecule has 1 fully saturated rings. The summed E-state index contributed by atoms with van der Waals surface area (Å²) in [5.41, 5.74) is 0.576. The monoisotopic (exact) mass is 461 g/mol. The number of para-hydroxylation sites is 1. The first-order chi connectivity index (χ1) is 14.2. The molecule has 0 N–H and O–H groups in total. The average molecular weight is 462 g/mol. The molecule has 29 heavy (non-hydrogen) atoms. The first-order valence-corrected chi connectivity index (χ1v) is 10.3. The Balaban J connectivity index is 1.79. The minimum Gasteiger partial charge on any atom is -0.490 e. The highest BCUT2D eigenvalue weighted by Crippen LogP contribution is 2.28. The molecule has 0 radical (unpaired) electrons. The van der Waals surface area contributed by atoms with Gasteiger partial charge in [-0.2, -0.15) is 0 Å². The van der Waals surface area contributed by atoms with Crippen LogP contribution in [0.4, 0.5) is 0 Å². The maximum absolute atomic E-state index is 13.3. The molecule has 154 valence electrons. The number of hydrogen-bond acceptors (Lipinski definition) is 5. The van der Waals surface area contributed by atoms with Crippen LogP contribution in [0.5, 0.6) is 11.5 Å². The van der Waals surface area contributed by atoms with Crippen LogP contribution in [0.2, 0.25) is 0 Å². The quantitative estimate of drug-likeness (QED) is 0.432. The standard InChI is InChI=1S/C22H24BrNO5/c1-27-15-29-20-11-6-8-17(18(20)13-25)22(26)24-12-5-4-7-16(24)14-28-21-10-3-2-9-19(21)23/h2-3,6,8-11,13,16H,4-5,7,12,14-15H2,1H3/t16-/m0/s1. The molecule has 0 unspecified atom stereocenters. The van der Waals surface area contributed by atoms with Crippen molar-refractivity contribution in [3.63, 3.8) is 0 Å². The van der Waals surface area contributed by atoms with Crippen LogP contribution in [0, 0.1) is 0 Å². The van der Waals surface area contributed by atoms with Crippen molar-refractivity contribution in [1.82, 2.24) is 4.90 Å². The van der Waals surface area contributed by atoms with Gasteiger partial charge >= 0.3 is 0 Å². The summed E-state index contributed by atoms with van der Waals surface area (Å²) < 4.78 is 17.2. The summed E-state index contributed by atoms with van der Waals surface area (Å²) in [5, 5.41) is 0. The van der Waals surface area contributed by atoms with E-state index < -0.39 is 0 Å². The van der Waals surface area contributed by atoms with Crippen molar-refractivity contribution in [2.24, 2.45) is 0 Å². The van der Waals surface area contributed by atoms with E-state index in [2.05, 4.69) is 15.9 Å². The van der Waals surface area contributed by atoms with Crippen LogP contribution in [0.15, 0.2) is 46.9 Å². The lowest BCUT2D eigenvalue weighted by Crippen LogP contribution is -2.47. The number of methoxy groups -OCH3 is 1. The Hall–Kier alpha value is -2.38. The number of aldehydes is 1. The van der Waals surface area contributed by atoms with Crippen LogP contribution in [-0.4, -0.2) is 50.2 Å². The Labute approximate surface area is 178 Å². The number of amides is 1.